The monoisotopic (exact) mass is 485 g/mol. The van der Waals surface area contributed by atoms with Crippen molar-refractivity contribution in [3.63, 3.8) is 0 Å². The van der Waals surface area contributed by atoms with Gasteiger partial charge in [-0.2, -0.15) is 0 Å². The largest absolute Gasteiger partial charge is 0.496 e. The molecule has 1 unspecified atom stereocenters. The summed E-state index contributed by atoms with van der Waals surface area (Å²) in [4.78, 5) is 2.21. The molecular weight excluding hydrogens is 445 g/mol. The second kappa shape index (κ2) is 13.1. The second-order valence-corrected chi connectivity index (χ2v) is 9.52. The third kappa shape index (κ3) is 7.32. The molecule has 4 rings (SSSR count). The molecule has 0 aliphatic carbocycles. The van der Waals surface area contributed by atoms with E-state index in [0.717, 1.165) is 89.5 Å². The van der Waals surface area contributed by atoms with Crippen molar-refractivity contribution in [3.05, 3.63) is 53.3 Å². The fourth-order valence-corrected chi connectivity index (χ4v) is 5.08. The van der Waals surface area contributed by atoms with Gasteiger partial charge in [0.25, 0.3) is 0 Å². The summed E-state index contributed by atoms with van der Waals surface area (Å²) in [7, 11) is 3.69. The first kappa shape index (κ1) is 25.7. The number of piperazine rings is 1. The number of hydrogen-bond donors (Lipinski definition) is 2. The van der Waals surface area contributed by atoms with Crippen molar-refractivity contribution in [2.24, 2.45) is 0 Å². The lowest BCUT2D eigenvalue weighted by molar-refractivity contribution is 0.0848. The summed E-state index contributed by atoms with van der Waals surface area (Å²) >= 11 is 0. The minimum atomic E-state index is -0.250. The van der Waals surface area contributed by atoms with Crippen LogP contribution in [0.4, 0.5) is 10.1 Å². The number of benzene rings is 2. The van der Waals surface area contributed by atoms with Crippen molar-refractivity contribution >= 4 is 5.69 Å². The molecule has 2 N–H and O–H groups in total. The molecule has 2 saturated heterocycles. The van der Waals surface area contributed by atoms with Gasteiger partial charge in [-0.05, 0) is 74.9 Å². The Morgan fingerprint density at radius 3 is 2.66 bits per heavy atom. The number of methoxy groups -OCH3 is 1. The van der Waals surface area contributed by atoms with E-state index in [1.54, 1.807) is 13.2 Å². The van der Waals surface area contributed by atoms with Crippen LogP contribution in [-0.4, -0.2) is 66.2 Å². The maximum Gasteiger partial charge on any atom is 0.128 e. The normalized spacial score (nSPS) is 17.9. The number of nitrogens with one attached hydrogen (secondary N) is 2. The number of anilines is 1. The smallest absolute Gasteiger partial charge is 0.128 e. The molecule has 2 aromatic carbocycles. The van der Waals surface area contributed by atoms with Crippen LogP contribution in [0.2, 0.25) is 0 Å². The third-order valence-electron chi connectivity index (χ3n) is 7.07. The molecule has 0 amide bonds. The first-order valence-electron chi connectivity index (χ1n) is 13.0. The summed E-state index contributed by atoms with van der Waals surface area (Å²) in [6, 6.07) is 11.6. The van der Waals surface area contributed by atoms with Crippen molar-refractivity contribution in [2.45, 2.75) is 44.1 Å². The zero-order valence-electron chi connectivity index (χ0n) is 21.2. The average Bonchev–Trinajstić information content (AvgIpc) is 2.90. The molecule has 6 nitrogen and oxygen atoms in total. The van der Waals surface area contributed by atoms with Gasteiger partial charge in [-0.15, -0.1) is 0 Å². The summed E-state index contributed by atoms with van der Waals surface area (Å²) in [6.07, 6.45) is 4.67. The summed E-state index contributed by atoms with van der Waals surface area (Å²) in [6.45, 7) is 6.03. The molecule has 0 aromatic heterocycles. The number of halogens is 1. The van der Waals surface area contributed by atoms with E-state index in [-0.39, 0.29) is 11.9 Å². The average molecular weight is 486 g/mol. The lowest BCUT2D eigenvalue weighted by Crippen LogP contribution is -2.43. The fourth-order valence-electron chi connectivity index (χ4n) is 5.08. The number of aryl methyl sites for hydroxylation is 1. The van der Waals surface area contributed by atoms with Crippen LogP contribution in [0.25, 0.3) is 0 Å². The Balaban J connectivity index is 1.44. The quantitative estimate of drug-likeness (QED) is 0.499. The zero-order valence-corrected chi connectivity index (χ0v) is 21.2. The predicted molar refractivity (Wildman–Crippen MR) is 139 cm³/mol. The lowest BCUT2D eigenvalue weighted by atomic mass is 9.89. The van der Waals surface area contributed by atoms with E-state index in [4.69, 9.17) is 14.2 Å². The fraction of sp³-hybridized carbons (Fsp3) is 0.571. The number of rotatable bonds is 11. The first-order chi connectivity index (χ1) is 17.2. The third-order valence-corrected chi connectivity index (χ3v) is 7.07. The minimum Gasteiger partial charge on any atom is -0.496 e. The van der Waals surface area contributed by atoms with Gasteiger partial charge >= 0.3 is 0 Å². The minimum absolute atomic E-state index is 0.00578. The van der Waals surface area contributed by atoms with E-state index in [9.17, 15) is 4.39 Å². The maximum absolute atomic E-state index is 14.5. The standard InChI is InChI=1S/C28H40FN3O3/c1-30-10-7-25(35-26-19-23(29)18-24(20-26)32-13-11-31-12-14-32)5-3-21-4-6-28(33-2)27(17-21)22-8-15-34-16-9-22/h4,6,17-20,22,25,30-31H,3,5,7-16H2,1-2H3. The van der Waals surface area contributed by atoms with Crippen LogP contribution >= 0.6 is 0 Å². The highest BCUT2D eigenvalue weighted by Crippen LogP contribution is 2.35. The lowest BCUT2D eigenvalue weighted by Gasteiger charge is -2.30. The van der Waals surface area contributed by atoms with Crippen molar-refractivity contribution in [2.75, 3.05) is 65.0 Å². The van der Waals surface area contributed by atoms with Crippen molar-refractivity contribution < 1.29 is 18.6 Å². The molecule has 7 heteroatoms. The van der Waals surface area contributed by atoms with Gasteiger partial charge in [0.1, 0.15) is 23.4 Å². The van der Waals surface area contributed by atoms with Gasteiger partial charge in [-0.3, -0.25) is 0 Å². The Morgan fingerprint density at radius 2 is 1.91 bits per heavy atom. The Kier molecular flexibility index (Phi) is 9.63. The SMILES string of the molecule is CNCCC(CCc1ccc(OC)c(C2CCOCC2)c1)Oc1cc(F)cc(N2CCNCC2)c1. The summed E-state index contributed by atoms with van der Waals surface area (Å²) < 4.78 is 32.1. The molecule has 1 atom stereocenters. The molecule has 35 heavy (non-hydrogen) atoms. The van der Waals surface area contributed by atoms with Crippen molar-refractivity contribution in [1.29, 1.82) is 0 Å². The van der Waals surface area contributed by atoms with Crippen LogP contribution in [0.15, 0.2) is 36.4 Å². The highest BCUT2D eigenvalue weighted by Gasteiger charge is 2.21. The molecule has 0 spiro atoms. The number of nitrogens with zero attached hydrogens (tertiary/aromatic N) is 1. The molecule has 2 heterocycles. The van der Waals surface area contributed by atoms with Gasteiger partial charge in [0.15, 0.2) is 0 Å². The van der Waals surface area contributed by atoms with Gasteiger partial charge in [0.05, 0.1) is 7.11 Å². The highest BCUT2D eigenvalue weighted by molar-refractivity contribution is 5.51. The molecule has 0 radical (unpaired) electrons. The van der Waals surface area contributed by atoms with Gasteiger partial charge in [0, 0.05) is 57.2 Å². The Hall–Kier alpha value is -2.35. The predicted octanol–water partition coefficient (Wildman–Crippen LogP) is 4.13. The van der Waals surface area contributed by atoms with E-state index in [0.29, 0.717) is 11.7 Å². The maximum atomic E-state index is 14.5. The van der Waals surface area contributed by atoms with Gasteiger partial charge < -0.3 is 29.7 Å². The van der Waals surface area contributed by atoms with Crippen LogP contribution in [0, 0.1) is 5.82 Å². The van der Waals surface area contributed by atoms with Gasteiger partial charge in [-0.25, -0.2) is 4.39 Å². The van der Waals surface area contributed by atoms with Crippen molar-refractivity contribution in [1.82, 2.24) is 10.6 Å². The molecule has 2 aromatic rings. The second-order valence-electron chi connectivity index (χ2n) is 9.52. The van der Waals surface area contributed by atoms with E-state index >= 15 is 0 Å². The zero-order chi connectivity index (χ0) is 24.5. The molecular formula is C28H40FN3O3. The molecule has 0 saturated carbocycles. The van der Waals surface area contributed by atoms with Gasteiger partial charge in [0.2, 0.25) is 0 Å². The summed E-state index contributed by atoms with van der Waals surface area (Å²) in [5.74, 6) is 1.80. The van der Waals surface area contributed by atoms with Gasteiger partial charge in [-0.1, -0.05) is 12.1 Å². The number of hydrogen-bond acceptors (Lipinski definition) is 6. The molecule has 2 fully saturated rings. The van der Waals surface area contributed by atoms with E-state index in [2.05, 4.69) is 33.7 Å². The van der Waals surface area contributed by atoms with E-state index < -0.39 is 0 Å². The summed E-state index contributed by atoms with van der Waals surface area (Å²) in [5, 5.41) is 6.57. The van der Waals surface area contributed by atoms with E-state index in [1.807, 2.05) is 13.1 Å². The van der Waals surface area contributed by atoms with Crippen molar-refractivity contribution in [3.8, 4) is 11.5 Å². The Bertz CT molecular complexity index is 930. The topological polar surface area (TPSA) is 55.0 Å². The van der Waals surface area contributed by atoms with Crippen LogP contribution in [0.5, 0.6) is 11.5 Å². The molecule has 0 bridgehead atoms. The van der Waals surface area contributed by atoms with Crippen LogP contribution in [-0.2, 0) is 11.2 Å². The van der Waals surface area contributed by atoms with Crippen LogP contribution in [0.1, 0.15) is 42.7 Å². The highest BCUT2D eigenvalue weighted by atomic mass is 19.1. The Morgan fingerprint density at radius 1 is 1.11 bits per heavy atom. The first-order valence-corrected chi connectivity index (χ1v) is 13.0. The summed E-state index contributed by atoms with van der Waals surface area (Å²) in [5.41, 5.74) is 3.46. The van der Waals surface area contributed by atoms with E-state index in [1.165, 1.54) is 17.2 Å². The molecule has 2 aliphatic heterocycles. The Labute approximate surface area is 209 Å². The van der Waals surface area contributed by atoms with Crippen LogP contribution < -0.4 is 25.0 Å². The molecule has 192 valence electrons. The molecule has 2 aliphatic rings. The number of ether oxygens (including phenoxy) is 3. The van der Waals surface area contributed by atoms with Crippen LogP contribution in [0.3, 0.4) is 0 Å².